The Bertz CT molecular complexity index is 1050. The van der Waals surface area contributed by atoms with Crippen molar-refractivity contribution in [3.63, 3.8) is 0 Å². The van der Waals surface area contributed by atoms with E-state index in [4.69, 9.17) is 4.74 Å². The molecule has 24 heavy (non-hydrogen) atoms. The predicted molar refractivity (Wildman–Crippen MR) is 89.1 cm³/mol. The topological polar surface area (TPSA) is 87.0 Å². The number of benzene rings is 3. The minimum Gasteiger partial charge on any atom is -0.507 e. The van der Waals surface area contributed by atoms with Crippen LogP contribution in [0.15, 0.2) is 30.3 Å². The quantitative estimate of drug-likeness (QED) is 0.499. The summed E-state index contributed by atoms with van der Waals surface area (Å²) < 4.78 is 5.08. The monoisotopic (exact) mass is 322 g/mol. The molecule has 3 N–H and O–H groups in total. The number of ketones is 1. The lowest BCUT2D eigenvalue weighted by Crippen LogP contribution is -1.98. The number of aryl methyl sites for hydroxylation is 1. The summed E-state index contributed by atoms with van der Waals surface area (Å²) in [5.74, 6) is -0.567. The number of ether oxygens (including phenoxy) is 1. The van der Waals surface area contributed by atoms with Crippen molar-refractivity contribution in [2.45, 2.75) is 6.92 Å². The number of aromatic hydroxyl groups is 3. The highest BCUT2D eigenvalue weighted by molar-refractivity contribution is 6.29. The van der Waals surface area contributed by atoms with Crippen LogP contribution in [0.1, 0.15) is 21.5 Å². The summed E-state index contributed by atoms with van der Waals surface area (Å²) in [4.78, 5) is 12.9. The minimum atomic E-state index is -0.355. The first-order valence-corrected chi connectivity index (χ1v) is 7.38. The number of fused-ring (bicyclic) bond motifs is 5. The Morgan fingerprint density at radius 3 is 2.33 bits per heavy atom. The highest BCUT2D eigenvalue weighted by Gasteiger charge is 2.34. The van der Waals surface area contributed by atoms with Crippen LogP contribution in [0.4, 0.5) is 0 Å². The minimum absolute atomic E-state index is 0.0872. The van der Waals surface area contributed by atoms with Crippen molar-refractivity contribution in [1.29, 1.82) is 0 Å². The van der Waals surface area contributed by atoms with Gasteiger partial charge in [-0.05, 0) is 47.9 Å². The lowest BCUT2D eigenvalue weighted by molar-refractivity contribution is 0.104. The molecule has 4 rings (SSSR count). The third kappa shape index (κ3) is 1.66. The highest BCUT2D eigenvalue weighted by Crippen LogP contribution is 2.50. The summed E-state index contributed by atoms with van der Waals surface area (Å²) in [6.07, 6.45) is 0. The summed E-state index contributed by atoms with van der Waals surface area (Å²) in [7, 11) is 1.41. The second kappa shape index (κ2) is 4.64. The van der Waals surface area contributed by atoms with Crippen molar-refractivity contribution in [2.24, 2.45) is 0 Å². The van der Waals surface area contributed by atoms with Crippen LogP contribution in [-0.4, -0.2) is 28.2 Å². The fourth-order valence-electron chi connectivity index (χ4n) is 3.43. The normalized spacial score (nSPS) is 12.3. The van der Waals surface area contributed by atoms with Gasteiger partial charge in [0.15, 0.2) is 17.3 Å². The summed E-state index contributed by atoms with van der Waals surface area (Å²) in [6, 6.07) is 7.97. The van der Waals surface area contributed by atoms with E-state index in [0.717, 1.165) is 5.56 Å². The molecule has 120 valence electrons. The molecule has 0 bridgehead atoms. The maximum Gasteiger partial charge on any atom is 0.198 e. The zero-order chi connectivity index (χ0) is 17.2. The third-order valence-corrected chi connectivity index (χ3v) is 4.44. The summed E-state index contributed by atoms with van der Waals surface area (Å²) in [6.45, 7) is 1.79. The van der Waals surface area contributed by atoms with Gasteiger partial charge in [0.2, 0.25) is 0 Å². The van der Waals surface area contributed by atoms with Gasteiger partial charge >= 0.3 is 0 Å². The third-order valence-electron chi connectivity index (χ3n) is 4.44. The zero-order valence-electron chi connectivity index (χ0n) is 13.0. The molecule has 0 aliphatic heterocycles. The van der Waals surface area contributed by atoms with Crippen LogP contribution in [-0.2, 0) is 0 Å². The Kier molecular flexibility index (Phi) is 2.78. The lowest BCUT2D eigenvalue weighted by Gasteiger charge is -2.10. The van der Waals surface area contributed by atoms with E-state index in [9.17, 15) is 20.1 Å². The largest absolute Gasteiger partial charge is 0.507 e. The van der Waals surface area contributed by atoms with Crippen LogP contribution in [0.2, 0.25) is 0 Å². The molecule has 5 heteroatoms. The summed E-state index contributed by atoms with van der Waals surface area (Å²) in [5, 5.41) is 31.5. The van der Waals surface area contributed by atoms with Gasteiger partial charge < -0.3 is 20.1 Å². The van der Waals surface area contributed by atoms with E-state index in [0.29, 0.717) is 22.1 Å². The molecule has 3 aromatic carbocycles. The maximum atomic E-state index is 12.9. The molecule has 0 amide bonds. The first-order valence-electron chi connectivity index (χ1n) is 7.38. The van der Waals surface area contributed by atoms with Crippen molar-refractivity contribution in [1.82, 2.24) is 0 Å². The van der Waals surface area contributed by atoms with Gasteiger partial charge in [0.25, 0.3) is 0 Å². The maximum absolute atomic E-state index is 12.9. The van der Waals surface area contributed by atoms with E-state index in [2.05, 4.69) is 0 Å². The molecular weight excluding hydrogens is 308 g/mol. The van der Waals surface area contributed by atoms with Gasteiger partial charge in [0.05, 0.1) is 18.1 Å². The molecule has 5 nitrogen and oxygen atoms in total. The average Bonchev–Trinajstić information content (AvgIpc) is 2.80. The van der Waals surface area contributed by atoms with E-state index in [1.165, 1.54) is 19.2 Å². The van der Waals surface area contributed by atoms with Gasteiger partial charge in [0, 0.05) is 10.9 Å². The Hall–Kier alpha value is -3.21. The van der Waals surface area contributed by atoms with E-state index < -0.39 is 0 Å². The molecule has 0 unspecified atom stereocenters. The molecule has 0 radical (unpaired) electrons. The standard InChI is InChI=1S/C19H14O5/c1-8-5-11-15-10(7-13(21)16(11)12(20)6-8)9-3-4-14(24-2)18(22)17(9)19(15)23/h3-7,20-22H,1-2H3. The van der Waals surface area contributed by atoms with E-state index >= 15 is 0 Å². The number of phenols is 3. The molecule has 0 saturated heterocycles. The number of hydrogen-bond acceptors (Lipinski definition) is 5. The second-order valence-electron chi connectivity index (χ2n) is 5.89. The fraction of sp³-hybridized carbons (Fsp3) is 0.105. The molecule has 3 aromatic rings. The van der Waals surface area contributed by atoms with Crippen molar-refractivity contribution >= 4 is 16.6 Å². The fourth-order valence-corrected chi connectivity index (χ4v) is 3.43. The average molecular weight is 322 g/mol. The van der Waals surface area contributed by atoms with Crippen LogP contribution < -0.4 is 4.74 Å². The Balaban J connectivity index is 2.16. The molecule has 0 spiro atoms. The van der Waals surface area contributed by atoms with Crippen LogP contribution in [0.25, 0.3) is 21.9 Å². The molecule has 1 aliphatic carbocycles. The van der Waals surface area contributed by atoms with Gasteiger partial charge in [-0.3, -0.25) is 4.79 Å². The first-order chi connectivity index (χ1) is 11.4. The Morgan fingerprint density at radius 1 is 0.917 bits per heavy atom. The highest BCUT2D eigenvalue weighted by atomic mass is 16.5. The second-order valence-corrected chi connectivity index (χ2v) is 5.89. The summed E-state index contributed by atoms with van der Waals surface area (Å²) in [5.41, 5.74) is 2.34. The van der Waals surface area contributed by atoms with E-state index in [1.807, 2.05) is 0 Å². The van der Waals surface area contributed by atoms with Crippen LogP contribution in [0.3, 0.4) is 0 Å². The Labute approximate surface area is 137 Å². The van der Waals surface area contributed by atoms with E-state index in [1.54, 1.807) is 25.1 Å². The molecule has 0 atom stereocenters. The molecule has 0 fully saturated rings. The van der Waals surface area contributed by atoms with Gasteiger partial charge in [-0.15, -0.1) is 0 Å². The van der Waals surface area contributed by atoms with Crippen molar-refractivity contribution in [2.75, 3.05) is 7.11 Å². The first kappa shape index (κ1) is 14.4. The number of methoxy groups -OCH3 is 1. The number of phenolic OH excluding ortho intramolecular Hbond substituents is 3. The predicted octanol–water partition coefficient (Wildman–Crippen LogP) is 3.49. The van der Waals surface area contributed by atoms with Gasteiger partial charge in [-0.25, -0.2) is 0 Å². The van der Waals surface area contributed by atoms with Crippen LogP contribution in [0, 0.1) is 6.92 Å². The van der Waals surface area contributed by atoms with Crippen LogP contribution in [0.5, 0.6) is 23.0 Å². The number of hydrogen-bond donors (Lipinski definition) is 3. The molecule has 0 aromatic heterocycles. The van der Waals surface area contributed by atoms with Crippen molar-refractivity contribution in [3.8, 4) is 34.1 Å². The van der Waals surface area contributed by atoms with Crippen molar-refractivity contribution in [3.05, 3.63) is 47.0 Å². The van der Waals surface area contributed by atoms with Crippen LogP contribution >= 0.6 is 0 Å². The van der Waals surface area contributed by atoms with Gasteiger partial charge in [-0.1, -0.05) is 6.07 Å². The van der Waals surface area contributed by atoms with Crippen molar-refractivity contribution < 1.29 is 24.9 Å². The number of rotatable bonds is 1. The lowest BCUT2D eigenvalue weighted by atomic mass is 9.96. The summed E-state index contributed by atoms with van der Waals surface area (Å²) >= 11 is 0. The SMILES string of the molecule is COc1ccc2c(c1O)C(=O)c1c-2cc(O)c2c(O)cc(C)cc12. The molecule has 0 heterocycles. The smallest absolute Gasteiger partial charge is 0.198 e. The van der Waals surface area contributed by atoms with E-state index in [-0.39, 0.29) is 39.7 Å². The van der Waals surface area contributed by atoms with Gasteiger partial charge in [-0.2, -0.15) is 0 Å². The molecule has 1 aliphatic rings. The zero-order valence-corrected chi connectivity index (χ0v) is 13.0. The number of carbonyl (C=O) groups is 1. The van der Waals surface area contributed by atoms with Gasteiger partial charge in [0.1, 0.15) is 11.5 Å². The number of carbonyl (C=O) groups excluding carboxylic acids is 1. The molecule has 0 saturated carbocycles. The molecular formula is C19H14O5. The Morgan fingerprint density at radius 2 is 1.62 bits per heavy atom.